The molecule has 2 rings (SSSR count). The summed E-state index contributed by atoms with van der Waals surface area (Å²) in [5.74, 6) is 0. The van der Waals surface area contributed by atoms with E-state index in [2.05, 4.69) is 17.4 Å². The Labute approximate surface area is 86.3 Å². The lowest BCUT2D eigenvalue weighted by atomic mass is 10.2. The van der Waals surface area contributed by atoms with Crippen LogP contribution in [0.1, 0.15) is 4.88 Å². The molecule has 0 spiro atoms. The molecule has 0 radical (unpaired) electrons. The van der Waals surface area contributed by atoms with Gasteiger partial charge in [0, 0.05) is 21.5 Å². The van der Waals surface area contributed by atoms with E-state index in [0.717, 1.165) is 11.6 Å². The zero-order valence-corrected chi connectivity index (χ0v) is 8.88. The van der Waals surface area contributed by atoms with Crippen molar-refractivity contribution in [1.29, 1.82) is 0 Å². The summed E-state index contributed by atoms with van der Waals surface area (Å²) in [7, 11) is 1.93. The maximum Gasteiger partial charge on any atom is 0.0636 e. The number of thiophene rings is 1. The van der Waals surface area contributed by atoms with E-state index in [1.807, 2.05) is 19.2 Å². The molecular weight excluding hydrogens is 202 g/mol. The van der Waals surface area contributed by atoms with Gasteiger partial charge in [0.25, 0.3) is 0 Å². The molecule has 13 heavy (non-hydrogen) atoms. The fraction of sp³-hybridized carbons (Fsp3) is 0.200. The van der Waals surface area contributed by atoms with Crippen molar-refractivity contribution >= 4 is 33.0 Å². The molecule has 2 aromatic rings. The number of halogens is 1. The summed E-state index contributed by atoms with van der Waals surface area (Å²) in [5, 5.41) is 5.18. The van der Waals surface area contributed by atoms with E-state index >= 15 is 0 Å². The van der Waals surface area contributed by atoms with Gasteiger partial charge in [0.15, 0.2) is 0 Å². The summed E-state index contributed by atoms with van der Waals surface area (Å²) in [6.07, 6.45) is 0. The van der Waals surface area contributed by atoms with E-state index in [-0.39, 0.29) is 0 Å². The summed E-state index contributed by atoms with van der Waals surface area (Å²) in [6, 6.07) is 8.22. The Morgan fingerprint density at radius 3 is 2.85 bits per heavy atom. The van der Waals surface area contributed by atoms with Crippen molar-refractivity contribution < 1.29 is 0 Å². The number of hydrogen-bond donors (Lipinski definition) is 1. The first-order valence-corrected chi connectivity index (χ1v) is 5.33. The van der Waals surface area contributed by atoms with Gasteiger partial charge in [-0.25, -0.2) is 0 Å². The third-order valence-electron chi connectivity index (χ3n) is 1.94. The van der Waals surface area contributed by atoms with Crippen LogP contribution in [0.3, 0.4) is 0 Å². The zero-order valence-electron chi connectivity index (χ0n) is 7.30. The van der Waals surface area contributed by atoms with Crippen LogP contribution in [-0.4, -0.2) is 7.05 Å². The SMILES string of the molecule is CNCc1sc2ccccc2c1Cl. The Morgan fingerprint density at radius 1 is 1.38 bits per heavy atom. The van der Waals surface area contributed by atoms with E-state index in [4.69, 9.17) is 11.6 Å². The molecule has 1 aromatic carbocycles. The molecule has 3 heteroatoms. The van der Waals surface area contributed by atoms with Gasteiger partial charge in [0.05, 0.1) is 5.02 Å². The highest BCUT2D eigenvalue weighted by atomic mass is 35.5. The molecule has 0 fully saturated rings. The first-order chi connectivity index (χ1) is 6.33. The van der Waals surface area contributed by atoms with Crippen LogP contribution >= 0.6 is 22.9 Å². The van der Waals surface area contributed by atoms with Crippen LogP contribution in [0.5, 0.6) is 0 Å². The second-order valence-corrected chi connectivity index (χ2v) is 4.38. The van der Waals surface area contributed by atoms with Gasteiger partial charge in [-0.05, 0) is 13.1 Å². The molecule has 1 heterocycles. The van der Waals surface area contributed by atoms with Crippen LogP contribution in [0.25, 0.3) is 10.1 Å². The summed E-state index contributed by atoms with van der Waals surface area (Å²) in [6.45, 7) is 0.845. The van der Waals surface area contributed by atoms with Gasteiger partial charge in [0.1, 0.15) is 0 Å². The van der Waals surface area contributed by atoms with Crippen LogP contribution in [0.15, 0.2) is 24.3 Å². The van der Waals surface area contributed by atoms with E-state index in [0.29, 0.717) is 0 Å². The molecule has 0 saturated heterocycles. The summed E-state index contributed by atoms with van der Waals surface area (Å²) < 4.78 is 1.26. The molecule has 0 unspecified atom stereocenters. The number of rotatable bonds is 2. The van der Waals surface area contributed by atoms with Crippen LogP contribution in [-0.2, 0) is 6.54 Å². The predicted octanol–water partition coefficient (Wildman–Crippen LogP) is 3.27. The van der Waals surface area contributed by atoms with Crippen molar-refractivity contribution in [3.63, 3.8) is 0 Å². The number of nitrogens with one attached hydrogen (secondary N) is 1. The van der Waals surface area contributed by atoms with E-state index < -0.39 is 0 Å². The Morgan fingerprint density at radius 2 is 2.15 bits per heavy atom. The minimum Gasteiger partial charge on any atom is -0.315 e. The smallest absolute Gasteiger partial charge is 0.0636 e. The van der Waals surface area contributed by atoms with Gasteiger partial charge < -0.3 is 5.32 Å². The molecule has 68 valence electrons. The quantitative estimate of drug-likeness (QED) is 0.804. The molecule has 1 N–H and O–H groups in total. The minimum atomic E-state index is 0.845. The Balaban J connectivity index is 2.60. The summed E-state index contributed by atoms with van der Waals surface area (Å²) >= 11 is 7.96. The maximum atomic E-state index is 6.21. The highest BCUT2D eigenvalue weighted by Gasteiger charge is 2.07. The Bertz CT molecular complexity index is 422. The lowest BCUT2D eigenvalue weighted by Crippen LogP contribution is -2.03. The molecule has 0 bridgehead atoms. The predicted molar refractivity (Wildman–Crippen MR) is 59.6 cm³/mol. The molecule has 1 aromatic heterocycles. The van der Waals surface area contributed by atoms with Gasteiger partial charge >= 0.3 is 0 Å². The summed E-state index contributed by atoms with van der Waals surface area (Å²) in [5.41, 5.74) is 0. The topological polar surface area (TPSA) is 12.0 Å². The van der Waals surface area contributed by atoms with Crippen LogP contribution in [0.2, 0.25) is 5.02 Å². The number of hydrogen-bond acceptors (Lipinski definition) is 2. The van der Waals surface area contributed by atoms with E-state index in [9.17, 15) is 0 Å². The average molecular weight is 212 g/mol. The first-order valence-electron chi connectivity index (χ1n) is 4.13. The number of benzene rings is 1. The highest BCUT2D eigenvalue weighted by molar-refractivity contribution is 7.19. The molecule has 0 amide bonds. The fourth-order valence-electron chi connectivity index (χ4n) is 1.34. The standard InChI is InChI=1S/C10H10ClNS/c1-12-6-9-10(11)7-4-2-3-5-8(7)13-9/h2-5,12H,6H2,1H3. The van der Waals surface area contributed by atoms with Gasteiger partial charge in [-0.15, -0.1) is 11.3 Å². The van der Waals surface area contributed by atoms with E-state index in [1.54, 1.807) is 11.3 Å². The van der Waals surface area contributed by atoms with Crippen molar-refractivity contribution in [1.82, 2.24) is 5.32 Å². The Hall–Kier alpha value is -0.570. The second-order valence-electron chi connectivity index (χ2n) is 2.87. The van der Waals surface area contributed by atoms with Crippen LogP contribution in [0.4, 0.5) is 0 Å². The maximum absolute atomic E-state index is 6.21. The largest absolute Gasteiger partial charge is 0.315 e. The summed E-state index contributed by atoms with van der Waals surface area (Å²) in [4.78, 5) is 1.21. The molecule has 0 aliphatic carbocycles. The third-order valence-corrected chi connectivity index (χ3v) is 3.65. The average Bonchev–Trinajstić information content (AvgIpc) is 2.46. The van der Waals surface area contributed by atoms with Gasteiger partial charge in [-0.3, -0.25) is 0 Å². The molecule has 1 nitrogen and oxygen atoms in total. The normalized spacial score (nSPS) is 10.9. The zero-order chi connectivity index (χ0) is 9.26. The molecular formula is C10H10ClNS. The van der Waals surface area contributed by atoms with Crippen molar-refractivity contribution in [2.45, 2.75) is 6.54 Å². The fourth-order valence-corrected chi connectivity index (χ4v) is 2.85. The minimum absolute atomic E-state index is 0.845. The lowest BCUT2D eigenvalue weighted by molar-refractivity contribution is 0.832. The van der Waals surface area contributed by atoms with Crippen molar-refractivity contribution in [3.8, 4) is 0 Å². The Kier molecular flexibility index (Phi) is 2.54. The second kappa shape index (κ2) is 3.66. The molecule has 0 atom stereocenters. The third kappa shape index (κ3) is 1.57. The highest BCUT2D eigenvalue weighted by Crippen LogP contribution is 2.34. The monoisotopic (exact) mass is 211 g/mol. The van der Waals surface area contributed by atoms with E-state index in [1.165, 1.54) is 15.0 Å². The van der Waals surface area contributed by atoms with Gasteiger partial charge in [-0.2, -0.15) is 0 Å². The molecule has 0 aliphatic rings. The van der Waals surface area contributed by atoms with Gasteiger partial charge in [-0.1, -0.05) is 29.8 Å². The first kappa shape index (κ1) is 9.00. The van der Waals surface area contributed by atoms with Gasteiger partial charge in [0.2, 0.25) is 0 Å². The molecule has 0 aliphatic heterocycles. The lowest BCUT2D eigenvalue weighted by Gasteiger charge is -1.94. The van der Waals surface area contributed by atoms with Crippen LogP contribution in [0, 0.1) is 0 Å². The van der Waals surface area contributed by atoms with Crippen molar-refractivity contribution in [3.05, 3.63) is 34.2 Å². The number of fused-ring (bicyclic) bond motifs is 1. The molecule has 0 saturated carbocycles. The van der Waals surface area contributed by atoms with Crippen molar-refractivity contribution in [2.75, 3.05) is 7.05 Å². The van der Waals surface area contributed by atoms with Crippen LogP contribution < -0.4 is 5.32 Å². The van der Waals surface area contributed by atoms with Crippen molar-refractivity contribution in [2.24, 2.45) is 0 Å².